The lowest BCUT2D eigenvalue weighted by molar-refractivity contribution is -0.134. The standard InChI is InChI=1S/C41H62O2/c1-6-8-10-11-13-17-40(42)43-39-25-21-36(30-32(39)4)38-24-20-35(29-31(38)3)33(5)34-18-22-37(23-19-34)41(26-14-9-7-2)27-15-12-16-28-41/h20-21,24-25,29-30,33-34,37H,6-19,22-23,26-28H2,1-5H3. The number of benzene rings is 2. The largest absolute Gasteiger partial charge is 0.426 e. The summed E-state index contributed by atoms with van der Waals surface area (Å²) in [5, 5.41) is 0. The SMILES string of the molecule is CCCCCCCC(=O)Oc1ccc(-c2ccc(C(C)C3CCC(C4(CCCCC)CCCCC4)CC3)cc2C)cc1C. The van der Waals surface area contributed by atoms with Crippen molar-refractivity contribution in [2.45, 2.75) is 163 Å². The lowest BCUT2D eigenvalue weighted by Crippen LogP contribution is -2.36. The molecule has 2 heteroatoms. The lowest BCUT2D eigenvalue weighted by atomic mass is 9.58. The maximum absolute atomic E-state index is 12.4. The quantitative estimate of drug-likeness (QED) is 0.118. The second kappa shape index (κ2) is 16.8. The number of esters is 1. The van der Waals surface area contributed by atoms with Crippen molar-refractivity contribution in [3.05, 3.63) is 53.1 Å². The van der Waals surface area contributed by atoms with Crippen molar-refractivity contribution in [2.75, 3.05) is 0 Å². The van der Waals surface area contributed by atoms with Crippen LogP contribution in [0.5, 0.6) is 5.75 Å². The molecule has 4 rings (SSSR count). The predicted molar refractivity (Wildman–Crippen MR) is 184 cm³/mol. The molecule has 2 aromatic rings. The van der Waals surface area contributed by atoms with Gasteiger partial charge in [-0.1, -0.05) is 109 Å². The van der Waals surface area contributed by atoms with Gasteiger partial charge in [-0.2, -0.15) is 0 Å². The van der Waals surface area contributed by atoms with Gasteiger partial charge < -0.3 is 4.74 Å². The number of carbonyl (C=O) groups is 1. The van der Waals surface area contributed by atoms with Gasteiger partial charge in [-0.15, -0.1) is 0 Å². The van der Waals surface area contributed by atoms with E-state index in [1.165, 1.54) is 125 Å². The van der Waals surface area contributed by atoms with Gasteiger partial charge in [-0.25, -0.2) is 0 Å². The molecule has 0 aromatic heterocycles. The fourth-order valence-electron chi connectivity index (χ4n) is 8.62. The average Bonchev–Trinajstić information content (AvgIpc) is 3.02. The number of unbranched alkanes of at least 4 members (excludes halogenated alkanes) is 6. The van der Waals surface area contributed by atoms with Crippen molar-refractivity contribution in [1.82, 2.24) is 0 Å². The Morgan fingerprint density at radius 1 is 0.814 bits per heavy atom. The first-order valence-electron chi connectivity index (χ1n) is 18.3. The van der Waals surface area contributed by atoms with Crippen molar-refractivity contribution in [3.8, 4) is 16.9 Å². The number of ether oxygens (including phenoxy) is 1. The molecule has 0 heterocycles. The van der Waals surface area contributed by atoms with E-state index in [9.17, 15) is 4.79 Å². The fourth-order valence-corrected chi connectivity index (χ4v) is 8.62. The molecule has 0 aliphatic heterocycles. The Kier molecular flexibility index (Phi) is 13.2. The molecular weight excluding hydrogens is 524 g/mol. The summed E-state index contributed by atoms with van der Waals surface area (Å²) in [4.78, 5) is 12.4. The first-order chi connectivity index (χ1) is 20.9. The van der Waals surface area contributed by atoms with Gasteiger partial charge in [0.05, 0.1) is 0 Å². The van der Waals surface area contributed by atoms with Crippen molar-refractivity contribution in [3.63, 3.8) is 0 Å². The summed E-state index contributed by atoms with van der Waals surface area (Å²) in [5.74, 6) is 2.97. The van der Waals surface area contributed by atoms with Gasteiger partial charge in [-0.05, 0) is 128 Å². The molecule has 0 radical (unpaired) electrons. The summed E-state index contributed by atoms with van der Waals surface area (Å²) in [5.41, 5.74) is 7.02. The average molecular weight is 587 g/mol. The summed E-state index contributed by atoms with van der Waals surface area (Å²) in [6.45, 7) is 11.4. The minimum Gasteiger partial charge on any atom is -0.426 e. The maximum Gasteiger partial charge on any atom is 0.311 e. The molecule has 1 atom stereocenters. The van der Waals surface area contributed by atoms with Gasteiger partial charge in [0, 0.05) is 6.42 Å². The van der Waals surface area contributed by atoms with E-state index in [0.29, 0.717) is 23.5 Å². The van der Waals surface area contributed by atoms with E-state index in [0.717, 1.165) is 30.2 Å². The van der Waals surface area contributed by atoms with Crippen LogP contribution in [0.1, 0.15) is 165 Å². The fraction of sp³-hybridized carbons (Fsp3) is 0.683. The van der Waals surface area contributed by atoms with Crippen LogP contribution in [0.25, 0.3) is 11.1 Å². The molecule has 0 bridgehead atoms. The Hall–Kier alpha value is -2.09. The summed E-state index contributed by atoms with van der Waals surface area (Å²) >= 11 is 0. The zero-order chi connectivity index (χ0) is 30.7. The predicted octanol–water partition coefficient (Wildman–Crippen LogP) is 12.7. The van der Waals surface area contributed by atoms with Crippen LogP contribution in [-0.4, -0.2) is 5.97 Å². The van der Waals surface area contributed by atoms with Crippen LogP contribution in [0.4, 0.5) is 0 Å². The summed E-state index contributed by atoms with van der Waals surface area (Å²) < 4.78 is 5.73. The van der Waals surface area contributed by atoms with E-state index in [1.807, 2.05) is 6.07 Å². The van der Waals surface area contributed by atoms with Gasteiger partial charge in [-0.3, -0.25) is 4.79 Å². The van der Waals surface area contributed by atoms with Gasteiger partial charge >= 0.3 is 5.97 Å². The topological polar surface area (TPSA) is 26.3 Å². The molecule has 2 aromatic carbocycles. The molecule has 2 aliphatic rings. The lowest BCUT2D eigenvalue weighted by Gasteiger charge is -2.47. The third-order valence-corrected chi connectivity index (χ3v) is 11.4. The summed E-state index contributed by atoms with van der Waals surface area (Å²) in [7, 11) is 0. The van der Waals surface area contributed by atoms with Crippen molar-refractivity contribution in [2.24, 2.45) is 17.3 Å². The Bertz CT molecular complexity index is 1130. The van der Waals surface area contributed by atoms with E-state index in [4.69, 9.17) is 4.74 Å². The van der Waals surface area contributed by atoms with E-state index in [-0.39, 0.29) is 5.97 Å². The van der Waals surface area contributed by atoms with Crippen LogP contribution in [0, 0.1) is 31.1 Å². The second-order valence-corrected chi connectivity index (χ2v) is 14.5. The van der Waals surface area contributed by atoms with Crippen molar-refractivity contribution in [1.29, 1.82) is 0 Å². The van der Waals surface area contributed by atoms with Gasteiger partial charge in [0.15, 0.2) is 0 Å². The number of rotatable bonds is 15. The molecule has 2 saturated carbocycles. The van der Waals surface area contributed by atoms with Gasteiger partial charge in [0.2, 0.25) is 0 Å². The third kappa shape index (κ3) is 9.21. The zero-order valence-corrected chi connectivity index (χ0v) is 28.4. The number of hydrogen-bond donors (Lipinski definition) is 0. The number of aryl methyl sites for hydroxylation is 2. The van der Waals surface area contributed by atoms with E-state index in [2.05, 4.69) is 65.0 Å². The van der Waals surface area contributed by atoms with Gasteiger partial charge in [0.25, 0.3) is 0 Å². The monoisotopic (exact) mass is 586 g/mol. The Morgan fingerprint density at radius 2 is 1.51 bits per heavy atom. The summed E-state index contributed by atoms with van der Waals surface area (Å²) in [6, 6.07) is 13.4. The van der Waals surface area contributed by atoms with Crippen LogP contribution < -0.4 is 4.74 Å². The second-order valence-electron chi connectivity index (χ2n) is 14.5. The number of hydrogen-bond acceptors (Lipinski definition) is 2. The van der Waals surface area contributed by atoms with Crippen LogP contribution in [0.15, 0.2) is 36.4 Å². The van der Waals surface area contributed by atoms with Crippen LogP contribution in [0.2, 0.25) is 0 Å². The molecule has 43 heavy (non-hydrogen) atoms. The highest BCUT2D eigenvalue weighted by Crippen LogP contribution is 2.53. The molecule has 0 amide bonds. The number of carbonyl (C=O) groups excluding carboxylic acids is 1. The molecule has 2 aliphatic carbocycles. The molecule has 2 nitrogen and oxygen atoms in total. The van der Waals surface area contributed by atoms with Crippen LogP contribution >= 0.6 is 0 Å². The first-order valence-corrected chi connectivity index (χ1v) is 18.3. The summed E-state index contributed by atoms with van der Waals surface area (Å²) in [6.07, 6.45) is 25.0. The zero-order valence-electron chi connectivity index (χ0n) is 28.4. The van der Waals surface area contributed by atoms with Crippen molar-refractivity contribution >= 4 is 5.97 Å². The smallest absolute Gasteiger partial charge is 0.311 e. The third-order valence-electron chi connectivity index (χ3n) is 11.4. The van der Waals surface area contributed by atoms with Crippen molar-refractivity contribution < 1.29 is 9.53 Å². The molecule has 238 valence electrons. The molecule has 0 saturated heterocycles. The Balaban J connectivity index is 1.33. The van der Waals surface area contributed by atoms with Crippen LogP contribution in [0.3, 0.4) is 0 Å². The van der Waals surface area contributed by atoms with E-state index < -0.39 is 0 Å². The minimum absolute atomic E-state index is 0.110. The molecule has 0 N–H and O–H groups in total. The molecule has 0 spiro atoms. The van der Waals surface area contributed by atoms with E-state index >= 15 is 0 Å². The maximum atomic E-state index is 12.4. The highest BCUT2D eigenvalue weighted by molar-refractivity contribution is 5.74. The highest BCUT2D eigenvalue weighted by Gasteiger charge is 2.41. The Morgan fingerprint density at radius 3 is 2.19 bits per heavy atom. The van der Waals surface area contributed by atoms with Gasteiger partial charge in [0.1, 0.15) is 5.75 Å². The highest BCUT2D eigenvalue weighted by atomic mass is 16.5. The molecule has 2 fully saturated rings. The first kappa shape index (κ1) is 33.8. The van der Waals surface area contributed by atoms with Crippen LogP contribution in [-0.2, 0) is 4.79 Å². The molecule has 1 unspecified atom stereocenters. The normalized spacial score (nSPS) is 21.0. The minimum atomic E-state index is -0.110. The molecular formula is C41H62O2. The Labute approximate surface area is 264 Å². The van der Waals surface area contributed by atoms with E-state index in [1.54, 1.807) is 0 Å².